The zero-order chi connectivity index (χ0) is 10.4. The van der Waals surface area contributed by atoms with Crippen LogP contribution in [-0.4, -0.2) is 30.1 Å². The van der Waals surface area contributed by atoms with Gasteiger partial charge in [-0.1, -0.05) is 19.3 Å². The molecule has 1 aliphatic rings. The molecule has 2 nitrogen and oxygen atoms in total. The van der Waals surface area contributed by atoms with Gasteiger partial charge in [0.05, 0.1) is 0 Å². The van der Waals surface area contributed by atoms with Crippen LogP contribution in [0.3, 0.4) is 0 Å². The van der Waals surface area contributed by atoms with Crippen LogP contribution in [0, 0.1) is 0 Å². The summed E-state index contributed by atoms with van der Waals surface area (Å²) in [6.07, 6.45) is 8.16. The van der Waals surface area contributed by atoms with Crippen molar-refractivity contribution in [2.45, 2.75) is 57.9 Å². The van der Waals surface area contributed by atoms with E-state index in [1.807, 2.05) is 0 Å². The molecule has 1 aliphatic heterocycles. The van der Waals surface area contributed by atoms with Gasteiger partial charge in [0.15, 0.2) is 0 Å². The summed E-state index contributed by atoms with van der Waals surface area (Å²) in [5, 5.41) is 0. The molecular weight excluding hydrogens is 172 g/mol. The van der Waals surface area contributed by atoms with Crippen LogP contribution in [0.25, 0.3) is 0 Å². The van der Waals surface area contributed by atoms with Gasteiger partial charge < -0.3 is 10.6 Å². The van der Waals surface area contributed by atoms with Crippen molar-refractivity contribution in [2.75, 3.05) is 19.6 Å². The fourth-order valence-corrected chi connectivity index (χ4v) is 1.98. The highest BCUT2D eigenvalue weighted by Gasteiger charge is 2.14. The Hall–Kier alpha value is -0.0800. The molecule has 0 aromatic rings. The molecule has 0 bridgehead atoms. The van der Waals surface area contributed by atoms with Crippen molar-refractivity contribution in [2.24, 2.45) is 5.73 Å². The minimum Gasteiger partial charge on any atom is -0.326 e. The van der Waals surface area contributed by atoms with E-state index in [0.29, 0.717) is 0 Å². The van der Waals surface area contributed by atoms with Crippen LogP contribution in [0.15, 0.2) is 0 Å². The monoisotopic (exact) mass is 198 g/mol. The molecule has 2 heteroatoms. The maximum absolute atomic E-state index is 6.00. The molecule has 2 N–H and O–H groups in total. The lowest BCUT2D eigenvalue weighted by molar-refractivity contribution is 0.227. The topological polar surface area (TPSA) is 29.3 Å². The van der Waals surface area contributed by atoms with Gasteiger partial charge in [0.2, 0.25) is 0 Å². The molecule has 0 aliphatic carbocycles. The predicted molar refractivity (Wildman–Crippen MR) is 62.4 cm³/mol. The van der Waals surface area contributed by atoms with Crippen molar-refractivity contribution in [1.29, 1.82) is 0 Å². The van der Waals surface area contributed by atoms with Gasteiger partial charge in [0, 0.05) is 5.54 Å². The Bertz CT molecular complexity index is 141. The number of hydrogen-bond acceptors (Lipinski definition) is 2. The Labute approximate surface area is 88.8 Å². The van der Waals surface area contributed by atoms with Gasteiger partial charge in [-0.3, -0.25) is 0 Å². The molecule has 0 saturated carbocycles. The summed E-state index contributed by atoms with van der Waals surface area (Å²) in [5.41, 5.74) is 6.00. The van der Waals surface area contributed by atoms with E-state index >= 15 is 0 Å². The van der Waals surface area contributed by atoms with E-state index in [-0.39, 0.29) is 5.54 Å². The Balaban J connectivity index is 2.20. The Morgan fingerprint density at radius 2 is 1.50 bits per heavy atom. The molecule has 14 heavy (non-hydrogen) atoms. The molecule has 1 fully saturated rings. The highest BCUT2D eigenvalue weighted by Crippen LogP contribution is 2.12. The first-order valence-electron chi connectivity index (χ1n) is 6.09. The second-order valence-corrected chi connectivity index (χ2v) is 5.35. The average Bonchev–Trinajstić information content (AvgIpc) is 2.00. The minimum atomic E-state index is 0.00235. The van der Waals surface area contributed by atoms with Crippen LogP contribution >= 0.6 is 0 Å². The zero-order valence-corrected chi connectivity index (χ0v) is 9.89. The lowest BCUT2D eigenvalue weighted by Gasteiger charge is -2.28. The van der Waals surface area contributed by atoms with E-state index in [9.17, 15) is 0 Å². The lowest BCUT2D eigenvalue weighted by atomic mass is 10.0. The van der Waals surface area contributed by atoms with Crippen LogP contribution in [0.4, 0.5) is 0 Å². The number of rotatable bonds is 3. The number of nitrogens with two attached hydrogens (primary N) is 1. The summed E-state index contributed by atoms with van der Waals surface area (Å²) in [6, 6.07) is 0. The Morgan fingerprint density at radius 1 is 1.00 bits per heavy atom. The van der Waals surface area contributed by atoms with Crippen LogP contribution in [-0.2, 0) is 0 Å². The van der Waals surface area contributed by atoms with E-state index in [0.717, 1.165) is 6.42 Å². The third kappa shape index (κ3) is 5.61. The highest BCUT2D eigenvalue weighted by molar-refractivity contribution is 4.74. The smallest absolute Gasteiger partial charge is 0.0109 e. The minimum absolute atomic E-state index is 0.00235. The van der Waals surface area contributed by atoms with Crippen molar-refractivity contribution in [1.82, 2.24) is 4.90 Å². The molecule has 1 heterocycles. The molecule has 0 aromatic heterocycles. The second kappa shape index (κ2) is 5.72. The van der Waals surface area contributed by atoms with E-state index in [1.54, 1.807) is 0 Å². The maximum atomic E-state index is 6.00. The molecule has 0 unspecified atom stereocenters. The quantitative estimate of drug-likeness (QED) is 0.754. The van der Waals surface area contributed by atoms with Crippen LogP contribution in [0.1, 0.15) is 52.4 Å². The largest absolute Gasteiger partial charge is 0.326 e. The van der Waals surface area contributed by atoms with Gasteiger partial charge in [0.1, 0.15) is 0 Å². The first kappa shape index (κ1) is 12.0. The van der Waals surface area contributed by atoms with Gasteiger partial charge in [-0.15, -0.1) is 0 Å². The van der Waals surface area contributed by atoms with E-state index in [4.69, 9.17) is 5.73 Å². The first-order valence-corrected chi connectivity index (χ1v) is 6.09. The van der Waals surface area contributed by atoms with Crippen LogP contribution in [0.5, 0.6) is 0 Å². The highest BCUT2D eigenvalue weighted by atomic mass is 15.1. The molecular formula is C12H26N2. The summed E-state index contributed by atoms with van der Waals surface area (Å²) in [5.74, 6) is 0. The van der Waals surface area contributed by atoms with Gasteiger partial charge in [-0.25, -0.2) is 0 Å². The van der Waals surface area contributed by atoms with Crippen LogP contribution < -0.4 is 5.73 Å². The third-order valence-electron chi connectivity index (χ3n) is 3.02. The van der Waals surface area contributed by atoms with E-state index < -0.39 is 0 Å². The van der Waals surface area contributed by atoms with Crippen molar-refractivity contribution < 1.29 is 0 Å². The molecule has 0 aromatic carbocycles. The molecule has 0 spiro atoms. The van der Waals surface area contributed by atoms with Crippen molar-refractivity contribution in [3.63, 3.8) is 0 Å². The van der Waals surface area contributed by atoms with Gasteiger partial charge in [-0.2, -0.15) is 0 Å². The summed E-state index contributed by atoms with van der Waals surface area (Å²) in [4.78, 5) is 2.59. The average molecular weight is 198 g/mol. The van der Waals surface area contributed by atoms with E-state index in [1.165, 1.54) is 51.7 Å². The fraction of sp³-hybridized carbons (Fsp3) is 1.00. The summed E-state index contributed by atoms with van der Waals surface area (Å²) in [6.45, 7) is 8.00. The zero-order valence-electron chi connectivity index (χ0n) is 9.89. The number of nitrogens with zero attached hydrogens (tertiary/aromatic N) is 1. The van der Waals surface area contributed by atoms with Gasteiger partial charge in [0.25, 0.3) is 0 Å². The van der Waals surface area contributed by atoms with E-state index in [2.05, 4.69) is 18.7 Å². The van der Waals surface area contributed by atoms with Crippen molar-refractivity contribution in [3.8, 4) is 0 Å². The summed E-state index contributed by atoms with van der Waals surface area (Å²) in [7, 11) is 0. The molecule has 0 radical (unpaired) electrons. The fourth-order valence-electron chi connectivity index (χ4n) is 1.98. The molecule has 84 valence electrons. The maximum Gasteiger partial charge on any atom is 0.0109 e. The second-order valence-electron chi connectivity index (χ2n) is 5.35. The summed E-state index contributed by atoms with van der Waals surface area (Å²) < 4.78 is 0. The third-order valence-corrected chi connectivity index (χ3v) is 3.02. The summed E-state index contributed by atoms with van der Waals surface area (Å²) >= 11 is 0. The normalized spacial score (nSPS) is 21.6. The molecule has 0 amide bonds. The van der Waals surface area contributed by atoms with Crippen molar-refractivity contribution >= 4 is 0 Å². The molecule has 0 atom stereocenters. The molecule has 1 rings (SSSR count). The Morgan fingerprint density at radius 3 is 2.00 bits per heavy atom. The first-order chi connectivity index (χ1) is 6.58. The Kier molecular flexibility index (Phi) is 4.90. The van der Waals surface area contributed by atoms with Crippen LogP contribution in [0.2, 0.25) is 0 Å². The standard InChI is InChI=1S/C12H26N2/c1-12(2,13)8-11-14-9-6-4-3-5-7-10-14/h3-11,13H2,1-2H3. The predicted octanol–water partition coefficient (Wildman–Crippen LogP) is 2.38. The van der Waals surface area contributed by atoms with Gasteiger partial charge >= 0.3 is 0 Å². The molecule has 1 saturated heterocycles. The van der Waals surface area contributed by atoms with Crippen molar-refractivity contribution in [3.05, 3.63) is 0 Å². The number of likely N-dealkylation sites (tertiary alicyclic amines) is 1. The lowest BCUT2D eigenvalue weighted by Crippen LogP contribution is -2.38. The van der Waals surface area contributed by atoms with Gasteiger partial charge in [-0.05, 0) is 52.7 Å². The SMILES string of the molecule is CC(C)(N)CCN1CCCCCCC1. The number of hydrogen-bond donors (Lipinski definition) is 1.